The third kappa shape index (κ3) is 2.63. The molecule has 2 aromatic heterocycles. The fraction of sp³-hybridized carbons (Fsp3) is 0.111. The third-order valence-electron chi connectivity index (χ3n) is 3.96. The lowest BCUT2D eigenvalue weighted by Crippen LogP contribution is -2.02. The molecule has 2 aromatic carbocycles. The molecule has 6 heteroatoms. The second-order valence-electron chi connectivity index (χ2n) is 5.46. The van der Waals surface area contributed by atoms with Gasteiger partial charge in [-0.15, -0.1) is 0 Å². The molecule has 24 heavy (non-hydrogen) atoms. The smallest absolute Gasteiger partial charge is 0.154 e. The molecular formula is C18H15ClN4O. The predicted octanol–water partition coefficient (Wildman–Crippen LogP) is 4.39. The first-order valence-corrected chi connectivity index (χ1v) is 7.91. The van der Waals surface area contributed by atoms with E-state index >= 15 is 0 Å². The fourth-order valence-corrected chi connectivity index (χ4v) is 2.90. The van der Waals surface area contributed by atoms with Crippen LogP contribution < -0.4 is 10.1 Å². The van der Waals surface area contributed by atoms with Crippen LogP contribution in [0.3, 0.4) is 0 Å². The first kappa shape index (κ1) is 14.8. The van der Waals surface area contributed by atoms with E-state index in [1.54, 1.807) is 13.4 Å². The molecule has 0 atom stereocenters. The monoisotopic (exact) mass is 338 g/mol. The normalized spacial score (nSPS) is 11.1. The molecule has 0 amide bonds. The number of hydrogen-bond acceptors (Lipinski definition) is 4. The third-order valence-corrected chi connectivity index (χ3v) is 4.20. The lowest BCUT2D eigenvalue weighted by molar-refractivity contribution is 0.414. The maximum atomic E-state index is 6.10. The minimum atomic E-state index is 0.659. The maximum absolute atomic E-state index is 6.10. The van der Waals surface area contributed by atoms with Crippen LogP contribution >= 0.6 is 11.6 Å². The Bertz CT molecular complexity index is 1010. The molecule has 2 heterocycles. The van der Waals surface area contributed by atoms with E-state index in [-0.39, 0.29) is 0 Å². The highest BCUT2D eigenvalue weighted by Gasteiger charge is 2.10. The molecule has 4 aromatic rings. The molecule has 5 nitrogen and oxygen atoms in total. The summed E-state index contributed by atoms with van der Waals surface area (Å²) in [6.45, 7) is 0.659. The van der Waals surface area contributed by atoms with Crippen LogP contribution in [0.2, 0.25) is 5.02 Å². The van der Waals surface area contributed by atoms with Gasteiger partial charge in [-0.1, -0.05) is 23.7 Å². The van der Waals surface area contributed by atoms with Gasteiger partial charge in [-0.3, -0.25) is 0 Å². The summed E-state index contributed by atoms with van der Waals surface area (Å²) in [5, 5.41) is 5.04. The van der Waals surface area contributed by atoms with Crippen molar-refractivity contribution in [1.29, 1.82) is 0 Å². The van der Waals surface area contributed by atoms with Crippen molar-refractivity contribution in [2.24, 2.45) is 0 Å². The van der Waals surface area contributed by atoms with Crippen molar-refractivity contribution in [3.8, 4) is 5.75 Å². The first-order chi connectivity index (χ1) is 11.7. The maximum Gasteiger partial charge on any atom is 0.154 e. The minimum absolute atomic E-state index is 0.659. The van der Waals surface area contributed by atoms with Crippen molar-refractivity contribution in [3.05, 3.63) is 59.4 Å². The van der Waals surface area contributed by atoms with Crippen molar-refractivity contribution in [2.45, 2.75) is 6.54 Å². The van der Waals surface area contributed by atoms with Crippen LogP contribution in [0.15, 0.2) is 48.8 Å². The van der Waals surface area contributed by atoms with Crippen molar-refractivity contribution >= 4 is 39.4 Å². The number of nitrogens with zero attached hydrogens (tertiary/aromatic N) is 2. The molecule has 0 fully saturated rings. The Labute approximate surface area is 143 Å². The largest absolute Gasteiger partial charge is 0.497 e. The summed E-state index contributed by atoms with van der Waals surface area (Å²) in [5.74, 6) is 1.61. The molecular weight excluding hydrogens is 324 g/mol. The van der Waals surface area contributed by atoms with Crippen molar-refractivity contribution in [2.75, 3.05) is 12.4 Å². The zero-order valence-electron chi connectivity index (χ0n) is 13.0. The number of aromatic nitrogens is 3. The summed E-state index contributed by atoms with van der Waals surface area (Å²) < 4.78 is 5.18. The summed E-state index contributed by atoms with van der Waals surface area (Å²) in [6.07, 6.45) is 1.56. The van der Waals surface area contributed by atoms with Gasteiger partial charge in [0.25, 0.3) is 0 Å². The van der Waals surface area contributed by atoms with Gasteiger partial charge in [0.05, 0.1) is 7.11 Å². The zero-order valence-corrected chi connectivity index (χ0v) is 13.8. The second-order valence-corrected chi connectivity index (χ2v) is 5.90. The van der Waals surface area contributed by atoms with Crippen LogP contribution in [-0.2, 0) is 6.54 Å². The van der Waals surface area contributed by atoms with Crippen LogP contribution in [0.25, 0.3) is 21.9 Å². The van der Waals surface area contributed by atoms with Gasteiger partial charge in [-0.2, -0.15) is 0 Å². The quantitative estimate of drug-likeness (QED) is 0.579. The van der Waals surface area contributed by atoms with Gasteiger partial charge in [0.2, 0.25) is 0 Å². The Morgan fingerprint density at radius 2 is 1.96 bits per heavy atom. The summed E-state index contributed by atoms with van der Waals surface area (Å²) >= 11 is 6.10. The van der Waals surface area contributed by atoms with E-state index in [4.69, 9.17) is 16.3 Å². The number of hydrogen-bond donors (Lipinski definition) is 2. The summed E-state index contributed by atoms with van der Waals surface area (Å²) in [7, 11) is 1.66. The Morgan fingerprint density at radius 1 is 1.12 bits per heavy atom. The van der Waals surface area contributed by atoms with E-state index in [0.29, 0.717) is 11.6 Å². The molecule has 4 rings (SSSR count). The minimum Gasteiger partial charge on any atom is -0.497 e. The van der Waals surface area contributed by atoms with Crippen molar-refractivity contribution in [1.82, 2.24) is 15.0 Å². The lowest BCUT2D eigenvalue weighted by Gasteiger charge is -2.07. The molecule has 2 N–H and O–H groups in total. The van der Waals surface area contributed by atoms with Crippen LogP contribution in [0.5, 0.6) is 5.75 Å². The number of nitrogens with one attached hydrogen (secondary N) is 2. The van der Waals surface area contributed by atoms with E-state index in [1.807, 2.05) is 42.5 Å². The molecule has 0 radical (unpaired) electrons. The van der Waals surface area contributed by atoms with E-state index in [2.05, 4.69) is 20.3 Å². The average Bonchev–Trinajstić information content (AvgIpc) is 2.99. The Morgan fingerprint density at radius 3 is 2.75 bits per heavy atom. The highest BCUT2D eigenvalue weighted by Crippen LogP contribution is 2.29. The first-order valence-electron chi connectivity index (χ1n) is 7.53. The highest BCUT2D eigenvalue weighted by atomic mass is 35.5. The lowest BCUT2D eigenvalue weighted by atomic mass is 10.2. The predicted molar refractivity (Wildman–Crippen MR) is 96.7 cm³/mol. The van der Waals surface area contributed by atoms with Gasteiger partial charge in [0.1, 0.15) is 23.1 Å². The van der Waals surface area contributed by atoms with Crippen molar-refractivity contribution < 1.29 is 4.74 Å². The standard InChI is InChI=1S/C18H15ClN4O/c1-24-13-5-2-11(3-6-13)9-20-18-17-16(21-10-22-18)14-8-12(19)4-7-15(14)23-17/h2-8,10,23H,9H2,1H3,(H,20,21,22). The Kier molecular flexibility index (Phi) is 3.70. The SMILES string of the molecule is COc1ccc(CNc2ncnc3c2[nH]c2ccc(Cl)cc23)cc1. The summed E-state index contributed by atoms with van der Waals surface area (Å²) in [5.41, 5.74) is 3.87. The average molecular weight is 339 g/mol. The van der Waals surface area contributed by atoms with Gasteiger partial charge < -0.3 is 15.0 Å². The number of benzene rings is 2. The number of methoxy groups -OCH3 is 1. The highest BCUT2D eigenvalue weighted by molar-refractivity contribution is 6.31. The summed E-state index contributed by atoms with van der Waals surface area (Å²) in [4.78, 5) is 12.1. The number of anilines is 1. The van der Waals surface area contributed by atoms with Crippen molar-refractivity contribution in [3.63, 3.8) is 0 Å². The number of H-pyrrole nitrogens is 1. The van der Waals surface area contributed by atoms with Gasteiger partial charge in [0, 0.05) is 22.5 Å². The molecule has 0 aliphatic heterocycles. The summed E-state index contributed by atoms with van der Waals surface area (Å²) in [6, 6.07) is 13.7. The molecule has 0 spiro atoms. The Hall–Kier alpha value is -2.79. The molecule has 0 unspecified atom stereocenters. The van der Waals surface area contributed by atoms with Crippen LogP contribution in [0.1, 0.15) is 5.56 Å². The molecule has 0 saturated heterocycles. The van der Waals surface area contributed by atoms with Gasteiger partial charge >= 0.3 is 0 Å². The fourth-order valence-electron chi connectivity index (χ4n) is 2.73. The second kappa shape index (κ2) is 6.02. The van der Waals surface area contributed by atoms with E-state index in [0.717, 1.165) is 39.1 Å². The molecule has 120 valence electrons. The van der Waals surface area contributed by atoms with Crippen LogP contribution in [0.4, 0.5) is 5.82 Å². The van der Waals surface area contributed by atoms with E-state index in [9.17, 15) is 0 Å². The van der Waals surface area contributed by atoms with Gasteiger partial charge in [-0.25, -0.2) is 9.97 Å². The number of fused-ring (bicyclic) bond motifs is 3. The number of rotatable bonds is 4. The molecule has 0 bridgehead atoms. The molecule has 0 saturated carbocycles. The van der Waals surface area contributed by atoms with E-state index < -0.39 is 0 Å². The number of halogens is 1. The van der Waals surface area contributed by atoms with E-state index in [1.165, 1.54) is 0 Å². The molecule has 0 aliphatic rings. The van der Waals surface area contributed by atoms with Gasteiger partial charge in [-0.05, 0) is 35.9 Å². The zero-order chi connectivity index (χ0) is 16.5. The Balaban J connectivity index is 1.67. The van der Waals surface area contributed by atoms with Crippen LogP contribution in [-0.4, -0.2) is 22.1 Å². The van der Waals surface area contributed by atoms with Gasteiger partial charge in [0.15, 0.2) is 5.82 Å². The topological polar surface area (TPSA) is 62.8 Å². The van der Waals surface area contributed by atoms with Crippen LogP contribution in [0, 0.1) is 0 Å². The molecule has 0 aliphatic carbocycles. The number of ether oxygens (including phenoxy) is 1. The number of aromatic amines is 1.